The van der Waals surface area contributed by atoms with Crippen molar-refractivity contribution in [3.8, 4) is 0 Å². The van der Waals surface area contributed by atoms with Gasteiger partial charge in [0.1, 0.15) is 0 Å². The van der Waals surface area contributed by atoms with Crippen molar-refractivity contribution in [2.45, 2.75) is 12.5 Å². The van der Waals surface area contributed by atoms with Gasteiger partial charge in [0.05, 0.1) is 12.6 Å². The maximum absolute atomic E-state index is 12.5. The molecule has 1 unspecified atom stereocenters. The lowest BCUT2D eigenvalue weighted by Crippen LogP contribution is -2.36. The van der Waals surface area contributed by atoms with Crippen LogP contribution >= 0.6 is 0 Å². The van der Waals surface area contributed by atoms with E-state index < -0.39 is 6.43 Å². The molecule has 1 aromatic rings. The van der Waals surface area contributed by atoms with Gasteiger partial charge in [-0.25, -0.2) is 8.78 Å². The molecule has 0 aromatic heterocycles. The maximum atomic E-state index is 12.5. The number of halogens is 2. The molecule has 1 atom stereocenters. The highest BCUT2D eigenvalue weighted by Gasteiger charge is 2.26. The summed E-state index contributed by atoms with van der Waals surface area (Å²) in [6.07, 6.45) is -0.693. The quantitative estimate of drug-likeness (QED) is 0.835. The van der Waals surface area contributed by atoms with Gasteiger partial charge in [-0.2, -0.15) is 0 Å². The fourth-order valence-electron chi connectivity index (χ4n) is 2.04. The molecule has 0 saturated carbocycles. The van der Waals surface area contributed by atoms with E-state index in [2.05, 4.69) is 11.6 Å². The number of nitrogens with zero attached hydrogens (tertiary/aromatic N) is 2. The number of benzene rings is 1. The highest BCUT2D eigenvalue weighted by molar-refractivity contribution is 5.80. The van der Waals surface area contributed by atoms with Crippen LogP contribution in [-0.2, 0) is 0 Å². The second-order valence-electron chi connectivity index (χ2n) is 4.12. The molecule has 18 heavy (non-hydrogen) atoms. The monoisotopic (exact) mass is 251 g/mol. The van der Waals surface area contributed by atoms with Gasteiger partial charge in [-0.3, -0.25) is 4.99 Å². The molecule has 0 fully saturated rings. The number of aliphatic imine (C=N–C) groups is 1. The van der Waals surface area contributed by atoms with E-state index in [4.69, 9.17) is 5.73 Å². The molecule has 1 aromatic carbocycles. The minimum atomic E-state index is -2.44. The minimum absolute atomic E-state index is 0.00900. The number of rotatable bonds is 4. The molecular weight excluding hydrogens is 236 g/mol. The molecule has 2 rings (SSSR count). The lowest BCUT2D eigenvalue weighted by molar-refractivity contribution is 0.151. The summed E-state index contributed by atoms with van der Waals surface area (Å²) in [7, 11) is 0. The molecule has 0 saturated heterocycles. The van der Waals surface area contributed by atoms with E-state index >= 15 is 0 Å². The molecule has 1 aliphatic heterocycles. The van der Waals surface area contributed by atoms with Crippen LogP contribution in [0, 0.1) is 0 Å². The first-order valence-corrected chi connectivity index (χ1v) is 5.69. The Morgan fingerprint density at radius 3 is 2.67 bits per heavy atom. The molecule has 1 aliphatic rings. The van der Waals surface area contributed by atoms with E-state index in [0.717, 1.165) is 5.56 Å². The van der Waals surface area contributed by atoms with E-state index in [0.29, 0.717) is 19.0 Å². The summed E-state index contributed by atoms with van der Waals surface area (Å²) in [6, 6.07) is 6.31. The lowest BCUT2D eigenvalue weighted by atomic mass is 10.0. The van der Waals surface area contributed by atoms with E-state index in [-0.39, 0.29) is 11.6 Å². The van der Waals surface area contributed by atoms with Gasteiger partial charge in [0.25, 0.3) is 6.43 Å². The first kappa shape index (κ1) is 12.5. The zero-order valence-electron chi connectivity index (χ0n) is 9.89. The molecule has 0 amide bonds. The Morgan fingerprint density at radius 1 is 1.44 bits per heavy atom. The third kappa shape index (κ3) is 2.34. The number of guanidine groups is 1. The third-order valence-corrected chi connectivity index (χ3v) is 3.00. The average Bonchev–Trinajstić information content (AvgIpc) is 2.72. The number of hydrogen-bond donors (Lipinski definition) is 1. The Balaban J connectivity index is 2.18. The van der Waals surface area contributed by atoms with Crippen molar-refractivity contribution in [1.82, 2.24) is 4.90 Å². The van der Waals surface area contributed by atoms with Crippen LogP contribution in [0.3, 0.4) is 0 Å². The van der Waals surface area contributed by atoms with Crippen LogP contribution in [0.4, 0.5) is 8.78 Å². The van der Waals surface area contributed by atoms with Crippen molar-refractivity contribution in [2.75, 3.05) is 13.1 Å². The molecule has 0 aliphatic carbocycles. The highest BCUT2D eigenvalue weighted by Crippen LogP contribution is 2.27. The summed E-state index contributed by atoms with van der Waals surface area (Å²) >= 11 is 0. The van der Waals surface area contributed by atoms with Crippen LogP contribution in [-0.4, -0.2) is 23.9 Å². The fraction of sp³-hybridized carbons (Fsp3) is 0.308. The smallest absolute Gasteiger partial charge is 0.263 e. The SMILES string of the molecule is C=CCN1C(N)=NCC1c1ccc(C(F)F)cc1. The van der Waals surface area contributed by atoms with Crippen molar-refractivity contribution in [1.29, 1.82) is 0 Å². The molecule has 1 heterocycles. The molecule has 0 bridgehead atoms. The number of alkyl halides is 2. The van der Waals surface area contributed by atoms with E-state index in [1.807, 2.05) is 4.90 Å². The molecule has 96 valence electrons. The highest BCUT2D eigenvalue weighted by atomic mass is 19.3. The number of hydrogen-bond acceptors (Lipinski definition) is 3. The third-order valence-electron chi connectivity index (χ3n) is 3.00. The minimum Gasteiger partial charge on any atom is -0.370 e. The molecule has 0 radical (unpaired) electrons. The predicted octanol–water partition coefficient (Wildman–Crippen LogP) is 2.48. The van der Waals surface area contributed by atoms with Crippen LogP contribution in [0.15, 0.2) is 41.9 Å². The number of nitrogens with two attached hydrogens (primary N) is 1. The Hall–Kier alpha value is -1.91. The first-order chi connectivity index (χ1) is 8.63. The topological polar surface area (TPSA) is 41.6 Å². The van der Waals surface area contributed by atoms with Crippen LogP contribution in [0.2, 0.25) is 0 Å². The Kier molecular flexibility index (Phi) is 3.60. The van der Waals surface area contributed by atoms with Crippen molar-refractivity contribution in [3.63, 3.8) is 0 Å². The second-order valence-corrected chi connectivity index (χ2v) is 4.12. The van der Waals surface area contributed by atoms with Crippen molar-refractivity contribution in [2.24, 2.45) is 10.7 Å². The van der Waals surface area contributed by atoms with Gasteiger partial charge in [0.15, 0.2) is 5.96 Å². The van der Waals surface area contributed by atoms with Gasteiger partial charge in [-0.05, 0) is 5.56 Å². The van der Waals surface area contributed by atoms with Gasteiger partial charge in [-0.1, -0.05) is 30.3 Å². The summed E-state index contributed by atoms with van der Waals surface area (Å²) in [4.78, 5) is 6.08. The normalized spacial score (nSPS) is 19.2. The molecule has 2 N–H and O–H groups in total. The van der Waals surface area contributed by atoms with Gasteiger partial charge in [0, 0.05) is 12.1 Å². The van der Waals surface area contributed by atoms with Gasteiger partial charge in [-0.15, -0.1) is 6.58 Å². The molecule has 3 nitrogen and oxygen atoms in total. The molecular formula is C13H15F2N3. The van der Waals surface area contributed by atoms with E-state index in [9.17, 15) is 8.78 Å². The zero-order valence-corrected chi connectivity index (χ0v) is 9.89. The standard InChI is InChI=1S/C13H15F2N3/c1-2-7-18-11(8-17-13(18)16)9-3-5-10(6-4-9)12(14)15/h2-6,11-12H,1,7-8H2,(H2,16,17). The Morgan fingerprint density at radius 2 is 2.11 bits per heavy atom. The first-order valence-electron chi connectivity index (χ1n) is 5.69. The van der Waals surface area contributed by atoms with Gasteiger partial charge >= 0.3 is 0 Å². The van der Waals surface area contributed by atoms with E-state index in [1.54, 1.807) is 18.2 Å². The van der Waals surface area contributed by atoms with Crippen LogP contribution < -0.4 is 5.73 Å². The molecule has 5 heteroatoms. The van der Waals surface area contributed by atoms with Crippen molar-refractivity contribution in [3.05, 3.63) is 48.0 Å². The summed E-state index contributed by atoms with van der Waals surface area (Å²) < 4.78 is 24.9. The van der Waals surface area contributed by atoms with Crippen molar-refractivity contribution < 1.29 is 8.78 Å². The lowest BCUT2D eigenvalue weighted by Gasteiger charge is -2.25. The summed E-state index contributed by atoms with van der Waals surface area (Å²) in [5, 5.41) is 0. The zero-order chi connectivity index (χ0) is 13.1. The van der Waals surface area contributed by atoms with Crippen LogP contribution in [0.5, 0.6) is 0 Å². The average molecular weight is 251 g/mol. The van der Waals surface area contributed by atoms with Gasteiger partial charge < -0.3 is 10.6 Å². The fourth-order valence-corrected chi connectivity index (χ4v) is 2.04. The predicted molar refractivity (Wildman–Crippen MR) is 67.5 cm³/mol. The Labute approximate surface area is 105 Å². The van der Waals surface area contributed by atoms with Crippen LogP contribution in [0.25, 0.3) is 0 Å². The summed E-state index contributed by atoms with van der Waals surface area (Å²) in [5.74, 6) is 0.470. The maximum Gasteiger partial charge on any atom is 0.263 e. The van der Waals surface area contributed by atoms with Gasteiger partial charge in [0.2, 0.25) is 0 Å². The largest absolute Gasteiger partial charge is 0.370 e. The van der Waals surface area contributed by atoms with Crippen molar-refractivity contribution >= 4 is 5.96 Å². The molecule has 0 spiro atoms. The summed E-state index contributed by atoms with van der Waals surface area (Å²) in [5.41, 5.74) is 6.74. The van der Waals surface area contributed by atoms with E-state index in [1.165, 1.54) is 12.1 Å². The second kappa shape index (κ2) is 5.16. The van der Waals surface area contributed by atoms with Crippen LogP contribution in [0.1, 0.15) is 23.6 Å². The summed E-state index contributed by atoms with van der Waals surface area (Å²) in [6.45, 7) is 4.82. The Bertz CT molecular complexity index is 454.